The number of aromatic nitrogens is 2. The van der Waals surface area contributed by atoms with Crippen LogP contribution in [0.1, 0.15) is 18.9 Å². The number of hydrogen-bond acceptors (Lipinski definition) is 4. The molecule has 0 amide bonds. The van der Waals surface area contributed by atoms with Crippen LogP contribution in [0.25, 0.3) is 11.6 Å². The Labute approximate surface area is 92.3 Å². The first-order valence-corrected chi connectivity index (χ1v) is 5.15. The van der Waals surface area contributed by atoms with Gasteiger partial charge in [-0.05, 0) is 18.6 Å². The van der Waals surface area contributed by atoms with Crippen molar-refractivity contribution in [3.05, 3.63) is 34.3 Å². The Bertz CT molecular complexity index is 529. The van der Waals surface area contributed by atoms with Crippen molar-refractivity contribution in [2.45, 2.75) is 19.8 Å². The molecule has 0 saturated carbocycles. The highest BCUT2D eigenvalue weighted by molar-refractivity contribution is 5.51. The maximum absolute atomic E-state index is 11.7. The molecule has 0 bridgehead atoms. The largest absolute Gasteiger partial charge is 0.461 e. The molecule has 2 aromatic heterocycles. The normalized spacial score (nSPS) is 10.6. The number of rotatable bonds is 3. The van der Waals surface area contributed by atoms with E-state index in [2.05, 4.69) is 9.97 Å². The van der Waals surface area contributed by atoms with E-state index in [1.807, 2.05) is 6.92 Å². The highest BCUT2D eigenvalue weighted by Gasteiger charge is 2.10. The van der Waals surface area contributed by atoms with Gasteiger partial charge in [0.15, 0.2) is 11.6 Å². The lowest BCUT2D eigenvalue weighted by atomic mass is 10.2. The fourth-order valence-electron chi connectivity index (χ4n) is 1.54. The van der Waals surface area contributed by atoms with E-state index in [9.17, 15) is 4.79 Å². The van der Waals surface area contributed by atoms with Crippen LogP contribution in [0.4, 0.5) is 5.82 Å². The van der Waals surface area contributed by atoms with E-state index in [1.54, 1.807) is 12.1 Å². The minimum atomic E-state index is -0.194. The highest BCUT2D eigenvalue weighted by atomic mass is 16.3. The SMILES string of the molecule is CCCc1c(N)nc(-c2ccco2)[nH]c1=O. The van der Waals surface area contributed by atoms with Gasteiger partial charge in [0.2, 0.25) is 0 Å². The van der Waals surface area contributed by atoms with Crippen molar-refractivity contribution in [2.24, 2.45) is 0 Å². The second-order valence-electron chi connectivity index (χ2n) is 3.51. The number of anilines is 1. The molecule has 0 aliphatic carbocycles. The Morgan fingerprint density at radius 3 is 2.94 bits per heavy atom. The molecule has 0 fully saturated rings. The van der Waals surface area contributed by atoms with Gasteiger partial charge in [-0.2, -0.15) is 0 Å². The molecule has 5 heteroatoms. The number of hydrogen-bond donors (Lipinski definition) is 2. The molecule has 0 radical (unpaired) electrons. The van der Waals surface area contributed by atoms with Gasteiger partial charge in [0.05, 0.1) is 11.8 Å². The Kier molecular flexibility index (Phi) is 2.76. The zero-order valence-electron chi connectivity index (χ0n) is 8.99. The van der Waals surface area contributed by atoms with Crippen LogP contribution >= 0.6 is 0 Å². The van der Waals surface area contributed by atoms with Gasteiger partial charge in [0.1, 0.15) is 5.82 Å². The molecule has 0 aromatic carbocycles. The predicted octanol–water partition coefficient (Wildman–Crippen LogP) is 1.56. The monoisotopic (exact) mass is 219 g/mol. The Balaban J connectivity index is 2.49. The van der Waals surface area contributed by atoms with Gasteiger partial charge in [0.25, 0.3) is 5.56 Å². The maximum Gasteiger partial charge on any atom is 0.256 e. The number of nitrogen functional groups attached to an aromatic ring is 1. The summed E-state index contributed by atoms with van der Waals surface area (Å²) < 4.78 is 5.14. The van der Waals surface area contributed by atoms with E-state index in [1.165, 1.54) is 6.26 Å². The van der Waals surface area contributed by atoms with Crippen molar-refractivity contribution in [1.29, 1.82) is 0 Å². The summed E-state index contributed by atoms with van der Waals surface area (Å²) in [6.45, 7) is 1.99. The maximum atomic E-state index is 11.7. The molecule has 2 aromatic rings. The number of nitrogens with two attached hydrogens (primary N) is 1. The molecule has 0 spiro atoms. The molecule has 0 unspecified atom stereocenters. The Morgan fingerprint density at radius 1 is 1.56 bits per heavy atom. The third kappa shape index (κ3) is 1.84. The van der Waals surface area contributed by atoms with Crippen LogP contribution in [0.5, 0.6) is 0 Å². The summed E-state index contributed by atoms with van der Waals surface area (Å²) in [5.74, 6) is 1.15. The summed E-state index contributed by atoms with van der Waals surface area (Å²) in [5.41, 5.74) is 6.09. The first-order chi connectivity index (χ1) is 7.72. The topological polar surface area (TPSA) is 84.9 Å². The second-order valence-corrected chi connectivity index (χ2v) is 3.51. The standard InChI is InChI=1S/C11H13N3O2/c1-2-4-7-9(12)13-10(14-11(7)15)8-5-3-6-16-8/h3,5-6H,2,4H2,1H3,(H3,12,13,14,15). The fraction of sp³-hybridized carbons (Fsp3) is 0.273. The molecular weight excluding hydrogens is 206 g/mol. The molecule has 3 N–H and O–H groups in total. The van der Waals surface area contributed by atoms with Crippen LogP contribution in [0.3, 0.4) is 0 Å². The molecular formula is C11H13N3O2. The summed E-state index contributed by atoms with van der Waals surface area (Å²) in [5, 5.41) is 0. The zero-order valence-corrected chi connectivity index (χ0v) is 8.99. The van der Waals surface area contributed by atoms with Gasteiger partial charge >= 0.3 is 0 Å². The lowest BCUT2D eigenvalue weighted by Gasteiger charge is -2.03. The molecule has 0 atom stereocenters. The Hall–Kier alpha value is -2.04. The first-order valence-electron chi connectivity index (χ1n) is 5.15. The summed E-state index contributed by atoms with van der Waals surface area (Å²) >= 11 is 0. The molecule has 2 heterocycles. The van der Waals surface area contributed by atoms with E-state index in [0.717, 1.165) is 6.42 Å². The third-order valence-corrected chi connectivity index (χ3v) is 2.30. The molecule has 0 aliphatic rings. The van der Waals surface area contributed by atoms with Crippen LogP contribution in [0, 0.1) is 0 Å². The number of H-pyrrole nitrogens is 1. The smallest absolute Gasteiger partial charge is 0.256 e. The number of aromatic amines is 1. The average Bonchev–Trinajstić information content (AvgIpc) is 2.76. The van der Waals surface area contributed by atoms with E-state index >= 15 is 0 Å². The van der Waals surface area contributed by atoms with E-state index < -0.39 is 0 Å². The molecule has 0 aliphatic heterocycles. The quantitative estimate of drug-likeness (QED) is 0.820. The van der Waals surface area contributed by atoms with Gasteiger partial charge in [0, 0.05) is 0 Å². The van der Waals surface area contributed by atoms with Crippen molar-refractivity contribution >= 4 is 5.82 Å². The summed E-state index contributed by atoms with van der Waals surface area (Å²) in [6, 6.07) is 3.45. The van der Waals surface area contributed by atoms with Gasteiger partial charge in [-0.25, -0.2) is 4.98 Å². The van der Waals surface area contributed by atoms with Gasteiger partial charge in [-0.15, -0.1) is 0 Å². The van der Waals surface area contributed by atoms with Crippen LogP contribution < -0.4 is 11.3 Å². The van der Waals surface area contributed by atoms with Crippen LogP contribution in [0.15, 0.2) is 27.6 Å². The molecule has 84 valence electrons. The van der Waals surface area contributed by atoms with Crippen molar-refractivity contribution in [2.75, 3.05) is 5.73 Å². The molecule has 2 rings (SSSR count). The van der Waals surface area contributed by atoms with Crippen molar-refractivity contribution in [3.63, 3.8) is 0 Å². The molecule has 0 saturated heterocycles. The minimum absolute atomic E-state index is 0.194. The van der Waals surface area contributed by atoms with Crippen molar-refractivity contribution in [1.82, 2.24) is 9.97 Å². The number of furan rings is 1. The predicted molar refractivity (Wildman–Crippen MR) is 61.0 cm³/mol. The number of nitrogens with zero attached hydrogens (tertiary/aromatic N) is 1. The van der Waals surface area contributed by atoms with Gasteiger partial charge < -0.3 is 15.1 Å². The van der Waals surface area contributed by atoms with Crippen molar-refractivity contribution in [3.8, 4) is 11.6 Å². The van der Waals surface area contributed by atoms with E-state index in [-0.39, 0.29) is 11.4 Å². The first kappa shape index (κ1) is 10.5. The van der Waals surface area contributed by atoms with Crippen LogP contribution in [0.2, 0.25) is 0 Å². The lowest BCUT2D eigenvalue weighted by Crippen LogP contribution is -2.18. The summed E-state index contributed by atoms with van der Waals surface area (Å²) in [6.07, 6.45) is 3.01. The lowest BCUT2D eigenvalue weighted by molar-refractivity contribution is 0.577. The van der Waals surface area contributed by atoms with Crippen LogP contribution in [-0.4, -0.2) is 9.97 Å². The Morgan fingerprint density at radius 2 is 2.38 bits per heavy atom. The second kappa shape index (κ2) is 4.22. The highest BCUT2D eigenvalue weighted by Crippen LogP contribution is 2.16. The number of nitrogens with one attached hydrogen (secondary N) is 1. The zero-order chi connectivity index (χ0) is 11.5. The molecule has 16 heavy (non-hydrogen) atoms. The summed E-state index contributed by atoms with van der Waals surface area (Å²) in [4.78, 5) is 18.5. The fourth-order valence-corrected chi connectivity index (χ4v) is 1.54. The van der Waals surface area contributed by atoms with Gasteiger partial charge in [-0.1, -0.05) is 13.3 Å². The third-order valence-electron chi connectivity index (χ3n) is 2.30. The van der Waals surface area contributed by atoms with Crippen molar-refractivity contribution < 1.29 is 4.42 Å². The molecule has 5 nitrogen and oxygen atoms in total. The van der Waals surface area contributed by atoms with Gasteiger partial charge in [-0.3, -0.25) is 4.79 Å². The summed E-state index contributed by atoms with van der Waals surface area (Å²) in [7, 11) is 0. The van der Waals surface area contributed by atoms with E-state index in [4.69, 9.17) is 10.2 Å². The van der Waals surface area contributed by atoms with Crippen LogP contribution in [-0.2, 0) is 6.42 Å². The van der Waals surface area contributed by atoms with E-state index in [0.29, 0.717) is 23.6 Å². The average molecular weight is 219 g/mol. The minimum Gasteiger partial charge on any atom is -0.461 e.